The number of aromatic nitrogens is 3. The van der Waals surface area contributed by atoms with Crippen LogP contribution in [-0.2, 0) is 19.4 Å². The summed E-state index contributed by atoms with van der Waals surface area (Å²) in [6.45, 7) is 5.53. The fourth-order valence-corrected chi connectivity index (χ4v) is 5.87. The highest BCUT2D eigenvalue weighted by molar-refractivity contribution is 7.91. The van der Waals surface area contributed by atoms with Gasteiger partial charge in [0.2, 0.25) is 0 Å². The summed E-state index contributed by atoms with van der Waals surface area (Å²) in [5.41, 5.74) is 0.473. The molecule has 162 valence electrons. The molecule has 1 amide bonds. The highest BCUT2D eigenvalue weighted by atomic mass is 32.2. The smallest absolute Gasteiger partial charge is 0.350 e. The summed E-state index contributed by atoms with van der Waals surface area (Å²) in [7, 11) is -3.13. The van der Waals surface area contributed by atoms with Crippen molar-refractivity contribution in [2.24, 2.45) is 5.92 Å². The molecule has 0 aliphatic carbocycles. The van der Waals surface area contributed by atoms with Crippen LogP contribution >= 0.6 is 11.3 Å². The third kappa shape index (κ3) is 5.39. The summed E-state index contributed by atoms with van der Waals surface area (Å²) in [6.07, 6.45) is 3.58. The van der Waals surface area contributed by atoms with Gasteiger partial charge in [0.05, 0.1) is 17.2 Å². The van der Waals surface area contributed by atoms with Crippen molar-refractivity contribution in [3.05, 3.63) is 29.0 Å². The molecular weight excluding hydrogens is 428 g/mol. The van der Waals surface area contributed by atoms with Gasteiger partial charge in [0.1, 0.15) is 4.88 Å². The Labute approximate surface area is 179 Å². The SMILES string of the molecule is Cc1nc(-c2ncccn2)sc1C(=O)OCC(=O)N(CC(C)C)C1CCS(=O)(=O)C1. The summed E-state index contributed by atoms with van der Waals surface area (Å²) < 4.78 is 28.9. The number of sulfone groups is 1. The van der Waals surface area contributed by atoms with Crippen molar-refractivity contribution in [2.75, 3.05) is 24.7 Å². The monoisotopic (exact) mass is 452 g/mol. The molecule has 1 saturated heterocycles. The number of hydrogen-bond donors (Lipinski definition) is 0. The molecule has 1 fully saturated rings. The van der Waals surface area contributed by atoms with Crippen molar-refractivity contribution in [3.8, 4) is 10.8 Å². The quantitative estimate of drug-likeness (QED) is 0.583. The van der Waals surface area contributed by atoms with E-state index in [2.05, 4.69) is 15.0 Å². The van der Waals surface area contributed by atoms with Crippen LogP contribution in [0.4, 0.5) is 0 Å². The average molecular weight is 453 g/mol. The van der Waals surface area contributed by atoms with Gasteiger partial charge in [-0.2, -0.15) is 0 Å². The van der Waals surface area contributed by atoms with Crippen LogP contribution < -0.4 is 0 Å². The van der Waals surface area contributed by atoms with Gasteiger partial charge in [0.25, 0.3) is 5.91 Å². The van der Waals surface area contributed by atoms with Gasteiger partial charge in [-0.1, -0.05) is 13.8 Å². The summed E-state index contributed by atoms with van der Waals surface area (Å²) in [5, 5.41) is 0.490. The molecule has 3 heterocycles. The first-order chi connectivity index (χ1) is 14.2. The van der Waals surface area contributed by atoms with Gasteiger partial charge >= 0.3 is 5.97 Å². The maximum Gasteiger partial charge on any atom is 0.350 e. The second-order valence-corrected chi connectivity index (χ2v) is 10.8. The van der Waals surface area contributed by atoms with Gasteiger partial charge in [-0.3, -0.25) is 4.79 Å². The zero-order valence-corrected chi connectivity index (χ0v) is 18.7. The van der Waals surface area contributed by atoms with E-state index in [0.29, 0.717) is 29.5 Å². The first-order valence-electron chi connectivity index (χ1n) is 9.58. The minimum Gasteiger partial charge on any atom is -0.451 e. The molecule has 1 unspecified atom stereocenters. The van der Waals surface area contributed by atoms with Crippen molar-refractivity contribution in [3.63, 3.8) is 0 Å². The Kier molecular flexibility index (Phi) is 6.81. The van der Waals surface area contributed by atoms with E-state index in [9.17, 15) is 18.0 Å². The van der Waals surface area contributed by atoms with E-state index in [-0.39, 0.29) is 28.3 Å². The number of esters is 1. The third-order valence-corrected chi connectivity index (χ3v) is 7.48. The van der Waals surface area contributed by atoms with Crippen LogP contribution in [0.2, 0.25) is 0 Å². The highest BCUT2D eigenvalue weighted by Gasteiger charge is 2.35. The molecule has 11 heteroatoms. The number of rotatable bonds is 7. The van der Waals surface area contributed by atoms with Crippen LogP contribution in [0.1, 0.15) is 35.6 Å². The van der Waals surface area contributed by atoms with Gasteiger partial charge in [-0.25, -0.2) is 28.2 Å². The molecule has 0 radical (unpaired) electrons. The minimum absolute atomic E-state index is 0.0478. The van der Waals surface area contributed by atoms with Gasteiger partial charge in [0, 0.05) is 25.0 Å². The Hall–Kier alpha value is -2.40. The van der Waals surface area contributed by atoms with Crippen molar-refractivity contribution >= 4 is 33.1 Å². The summed E-state index contributed by atoms with van der Waals surface area (Å²) in [6, 6.07) is 1.30. The van der Waals surface area contributed by atoms with Crippen LogP contribution in [0.5, 0.6) is 0 Å². The van der Waals surface area contributed by atoms with Crippen LogP contribution in [0, 0.1) is 12.8 Å². The Bertz CT molecular complexity index is 1020. The zero-order valence-electron chi connectivity index (χ0n) is 17.1. The lowest BCUT2D eigenvalue weighted by Crippen LogP contribution is -2.45. The number of ether oxygens (including phenoxy) is 1. The van der Waals surface area contributed by atoms with E-state index in [0.717, 1.165) is 11.3 Å². The lowest BCUT2D eigenvalue weighted by Gasteiger charge is -2.29. The van der Waals surface area contributed by atoms with Gasteiger partial charge in [-0.15, -0.1) is 11.3 Å². The van der Waals surface area contributed by atoms with E-state index < -0.39 is 28.3 Å². The fourth-order valence-electron chi connectivity index (χ4n) is 3.24. The average Bonchev–Trinajstić information content (AvgIpc) is 3.26. The van der Waals surface area contributed by atoms with Crippen molar-refractivity contribution < 1.29 is 22.7 Å². The summed E-state index contributed by atoms with van der Waals surface area (Å²) >= 11 is 1.10. The predicted molar refractivity (Wildman–Crippen MR) is 112 cm³/mol. The Morgan fingerprint density at radius 3 is 2.60 bits per heavy atom. The standard InChI is InChI=1S/C19H24N4O5S2/c1-12(2)9-23(14-5-8-30(26,27)11-14)15(24)10-28-19(25)16-13(3)22-18(29-16)17-20-6-4-7-21-17/h4,6-7,12,14H,5,8-11H2,1-3H3. The van der Waals surface area contributed by atoms with Gasteiger partial charge in [-0.05, 0) is 25.3 Å². The molecule has 2 aromatic rings. The maximum absolute atomic E-state index is 12.7. The summed E-state index contributed by atoms with van der Waals surface area (Å²) in [5.74, 6) is -0.453. The molecule has 2 aromatic heterocycles. The molecule has 1 atom stereocenters. The van der Waals surface area contributed by atoms with Crippen LogP contribution in [0.3, 0.4) is 0 Å². The number of aryl methyl sites for hydroxylation is 1. The number of carbonyl (C=O) groups is 2. The number of carbonyl (C=O) groups excluding carboxylic acids is 2. The molecule has 0 N–H and O–H groups in total. The molecule has 9 nitrogen and oxygen atoms in total. The Morgan fingerprint density at radius 2 is 2.00 bits per heavy atom. The van der Waals surface area contributed by atoms with E-state index in [1.54, 1.807) is 25.4 Å². The normalized spacial score (nSPS) is 17.8. The van der Waals surface area contributed by atoms with Crippen LogP contribution in [0.25, 0.3) is 10.8 Å². The second kappa shape index (κ2) is 9.17. The zero-order chi connectivity index (χ0) is 21.9. The third-order valence-electron chi connectivity index (χ3n) is 4.60. The van der Waals surface area contributed by atoms with Crippen molar-refractivity contribution in [1.82, 2.24) is 19.9 Å². The van der Waals surface area contributed by atoms with E-state index >= 15 is 0 Å². The second-order valence-electron chi connectivity index (χ2n) is 7.58. The molecule has 1 aliphatic rings. The van der Waals surface area contributed by atoms with Gasteiger partial charge in [0.15, 0.2) is 27.3 Å². The molecular formula is C19H24N4O5S2. The molecule has 1 aliphatic heterocycles. The topological polar surface area (TPSA) is 119 Å². The first kappa shape index (κ1) is 22.3. The molecule has 0 spiro atoms. The fraction of sp³-hybridized carbons (Fsp3) is 0.526. The van der Waals surface area contributed by atoms with Crippen molar-refractivity contribution in [2.45, 2.75) is 33.2 Å². The van der Waals surface area contributed by atoms with Crippen LogP contribution in [0.15, 0.2) is 18.5 Å². The number of amides is 1. The minimum atomic E-state index is -3.13. The Balaban J connectivity index is 1.67. The molecule has 0 aromatic carbocycles. The summed E-state index contributed by atoms with van der Waals surface area (Å²) in [4.78, 5) is 39.6. The lowest BCUT2D eigenvalue weighted by atomic mass is 10.1. The molecule has 0 bridgehead atoms. The number of hydrogen-bond acceptors (Lipinski definition) is 9. The molecule has 0 saturated carbocycles. The van der Waals surface area contributed by atoms with E-state index in [4.69, 9.17) is 4.74 Å². The Morgan fingerprint density at radius 1 is 1.30 bits per heavy atom. The number of thiazole rings is 1. The molecule has 3 rings (SSSR count). The maximum atomic E-state index is 12.7. The first-order valence-corrected chi connectivity index (χ1v) is 12.2. The van der Waals surface area contributed by atoms with E-state index in [1.165, 1.54) is 4.90 Å². The van der Waals surface area contributed by atoms with Crippen molar-refractivity contribution in [1.29, 1.82) is 0 Å². The predicted octanol–water partition coefficient (Wildman–Crippen LogP) is 1.74. The number of nitrogens with zero attached hydrogens (tertiary/aromatic N) is 4. The highest BCUT2D eigenvalue weighted by Crippen LogP contribution is 2.26. The molecule has 30 heavy (non-hydrogen) atoms. The lowest BCUT2D eigenvalue weighted by molar-refractivity contribution is -0.137. The van der Waals surface area contributed by atoms with Crippen LogP contribution in [-0.4, -0.2) is 70.8 Å². The van der Waals surface area contributed by atoms with E-state index in [1.807, 2.05) is 13.8 Å². The largest absolute Gasteiger partial charge is 0.451 e. The van der Waals surface area contributed by atoms with Gasteiger partial charge < -0.3 is 9.64 Å².